The number of methoxy groups -OCH3 is 1. The van der Waals surface area contributed by atoms with Gasteiger partial charge in [-0.15, -0.1) is 0 Å². The molecule has 1 N–H and O–H groups in total. The van der Waals surface area contributed by atoms with Crippen LogP contribution in [-0.2, 0) is 16.6 Å². The van der Waals surface area contributed by atoms with Crippen LogP contribution in [0.1, 0.15) is 30.9 Å². The molecule has 4 nitrogen and oxygen atoms in total. The molecule has 0 aromatic heterocycles. The number of piperidine rings is 1. The Kier molecular flexibility index (Phi) is 3.44. The molecule has 3 unspecified atom stereocenters. The number of ether oxygens (including phenoxy) is 1. The molecule has 3 atom stereocenters. The van der Waals surface area contributed by atoms with E-state index in [0.717, 1.165) is 25.1 Å². The molecule has 0 spiro atoms. The molecule has 1 heterocycles. The third kappa shape index (κ3) is 2.22. The van der Waals surface area contributed by atoms with Crippen molar-refractivity contribution in [1.82, 2.24) is 4.90 Å². The van der Waals surface area contributed by atoms with E-state index in [1.165, 1.54) is 11.1 Å². The third-order valence-electron chi connectivity index (χ3n) is 5.59. The van der Waals surface area contributed by atoms with Crippen LogP contribution in [0.5, 0.6) is 5.75 Å². The van der Waals surface area contributed by atoms with Gasteiger partial charge >= 0.3 is 5.97 Å². The summed E-state index contributed by atoms with van der Waals surface area (Å²) in [6.07, 6.45) is 2.17. The first-order valence-electron chi connectivity index (χ1n) is 7.55. The summed E-state index contributed by atoms with van der Waals surface area (Å²) in [5.41, 5.74) is 2.56. The quantitative estimate of drug-likeness (QED) is 0.927. The summed E-state index contributed by atoms with van der Waals surface area (Å²) >= 11 is 0. The summed E-state index contributed by atoms with van der Waals surface area (Å²) in [7, 11) is 3.80. The van der Waals surface area contributed by atoms with Crippen LogP contribution in [0.15, 0.2) is 18.2 Å². The van der Waals surface area contributed by atoms with E-state index in [1.54, 1.807) is 7.11 Å². The molecule has 1 aromatic rings. The lowest BCUT2D eigenvalue weighted by atomic mass is 9.57. The van der Waals surface area contributed by atoms with Gasteiger partial charge < -0.3 is 14.7 Å². The van der Waals surface area contributed by atoms with E-state index in [2.05, 4.69) is 31.0 Å². The minimum Gasteiger partial charge on any atom is -0.497 e. The second kappa shape index (κ2) is 5.02. The number of likely N-dealkylation sites (tertiary alicyclic amines) is 1. The highest BCUT2D eigenvalue weighted by Gasteiger charge is 2.50. The Bertz CT molecular complexity index is 571. The molecule has 1 aliphatic carbocycles. The first-order valence-corrected chi connectivity index (χ1v) is 7.55. The van der Waals surface area contributed by atoms with Crippen molar-refractivity contribution in [2.75, 3.05) is 20.7 Å². The molecular weight excluding hydrogens is 266 g/mol. The highest BCUT2D eigenvalue weighted by molar-refractivity contribution is 5.68. The molecular formula is C17H23NO3. The minimum atomic E-state index is -0.696. The monoisotopic (exact) mass is 289 g/mol. The SMILES string of the molecule is COc1ccc2c(c1)C1(C)CCN(C)C(C2)C1CC(=O)O. The van der Waals surface area contributed by atoms with E-state index in [1.807, 2.05) is 6.07 Å². The molecule has 1 saturated heterocycles. The Morgan fingerprint density at radius 2 is 2.29 bits per heavy atom. The van der Waals surface area contributed by atoms with Crippen LogP contribution in [0, 0.1) is 5.92 Å². The van der Waals surface area contributed by atoms with Gasteiger partial charge in [-0.3, -0.25) is 4.79 Å². The molecule has 1 fully saturated rings. The Hall–Kier alpha value is -1.55. The van der Waals surface area contributed by atoms with Gasteiger partial charge in [-0.05, 0) is 61.0 Å². The number of hydrogen-bond acceptors (Lipinski definition) is 3. The lowest BCUT2D eigenvalue weighted by molar-refractivity contribution is -0.140. The van der Waals surface area contributed by atoms with Gasteiger partial charge in [0.15, 0.2) is 0 Å². The molecule has 3 rings (SSSR count). The predicted octanol–water partition coefficient (Wildman–Crippen LogP) is 2.30. The number of aliphatic carboxylic acids is 1. The fourth-order valence-electron chi connectivity index (χ4n) is 4.29. The fraction of sp³-hybridized carbons (Fsp3) is 0.588. The Balaban J connectivity index is 2.10. The molecule has 0 radical (unpaired) electrons. The molecule has 2 bridgehead atoms. The summed E-state index contributed by atoms with van der Waals surface area (Å²) in [5, 5.41) is 9.33. The third-order valence-corrected chi connectivity index (χ3v) is 5.59. The summed E-state index contributed by atoms with van der Waals surface area (Å²) in [6, 6.07) is 6.59. The fourth-order valence-corrected chi connectivity index (χ4v) is 4.29. The molecule has 21 heavy (non-hydrogen) atoms. The van der Waals surface area contributed by atoms with E-state index in [0.29, 0.717) is 6.04 Å². The molecule has 0 amide bonds. The van der Waals surface area contributed by atoms with Crippen molar-refractivity contribution in [2.45, 2.75) is 37.6 Å². The Labute approximate surface area is 125 Å². The highest BCUT2D eigenvalue weighted by atomic mass is 16.5. The number of carboxylic acid groups (broad SMARTS) is 1. The molecule has 1 aromatic carbocycles. The molecule has 0 saturated carbocycles. The number of likely N-dealkylation sites (N-methyl/N-ethyl adjacent to an activating group) is 1. The van der Waals surface area contributed by atoms with E-state index >= 15 is 0 Å². The number of carboxylic acids is 1. The molecule has 114 valence electrons. The van der Waals surface area contributed by atoms with Crippen molar-refractivity contribution in [3.05, 3.63) is 29.3 Å². The average molecular weight is 289 g/mol. The van der Waals surface area contributed by atoms with Crippen LogP contribution in [0.25, 0.3) is 0 Å². The number of benzene rings is 1. The van der Waals surface area contributed by atoms with Gasteiger partial charge in [-0.2, -0.15) is 0 Å². The Morgan fingerprint density at radius 1 is 1.52 bits per heavy atom. The number of rotatable bonds is 3. The van der Waals surface area contributed by atoms with Gasteiger partial charge in [-0.25, -0.2) is 0 Å². The standard InChI is InChI=1S/C17H23NO3/c1-17-6-7-18(2)15(14(17)10-16(19)20)8-11-4-5-12(21-3)9-13(11)17/h4-5,9,14-15H,6-8,10H2,1-3H3,(H,19,20). The average Bonchev–Trinajstić information content (AvgIpc) is 2.45. The lowest BCUT2D eigenvalue weighted by Crippen LogP contribution is -2.58. The van der Waals surface area contributed by atoms with Crippen molar-refractivity contribution in [3.63, 3.8) is 0 Å². The maximum absolute atomic E-state index is 11.3. The van der Waals surface area contributed by atoms with E-state index in [-0.39, 0.29) is 17.8 Å². The number of fused-ring (bicyclic) bond motifs is 4. The van der Waals surface area contributed by atoms with Crippen LogP contribution < -0.4 is 4.74 Å². The normalized spacial score (nSPS) is 31.6. The second-order valence-electron chi connectivity index (χ2n) is 6.65. The predicted molar refractivity (Wildman–Crippen MR) is 80.8 cm³/mol. The van der Waals surface area contributed by atoms with Crippen molar-refractivity contribution in [3.8, 4) is 5.75 Å². The second-order valence-corrected chi connectivity index (χ2v) is 6.65. The largest absolute Gasteiger partial charge is 0.497 e. The van der Waals surface area contributed by atoms with E-state index in [4.69, 9.17) is 4.74 Å². The summed E-state index contributed by atoms with van der Waals surface area (Å²) in [5.74, 6) is 0.327. The zero-order valence-electron chi connectivity index (χ0n) is 12.9. The molecule has 2 aliphatic rings. The van der Waals surface area contributed by atoms with Crippen LogP contribution in [0.3, 0.4) is 0 Å². The van der Waals surface area contributed by atoms with Crippen molar-refractivity contribution >= 4 is 5.97 Å². The lowest BCUT2D eigenvalue weighted by Gasteiger charge is -2.54. The number of hydrogen-bond donors (Lipinski definition) is 1. The van der Waals surface area contributed by atoms with Crippen LogP contribution in [-0.4, -0.2) is 42.7 Å². The summed E-state index contributed by atoms with van der Waals surface area (Å²) < 4.78 is 5.37. The molecule has 4 heteroatoms. The zero-order valence-corrected chi connectivity index (χ0v) is 12.9. The van der Waals surface area contributed by atoms with Gasteiger partial charge in [-0.1, -0.05) is 13.0 Å². The summed E-state index contributed by atoms with van der Waals surface area (Å²) in [6.45, 7) is 3.26. The van der Waals surface area contributed by atoms with E-state index in [9.17, 15) is 9.90 Å². The molecule has 1 aliphatic heterocycles. The first kappa shape index (κ1) is 14.4. The van der Waals surface area contributed by atoms with Gasteiger partial charge in [0.1, 0.15) is 5.75 Å². The Morgan fingerprint density at radius 3 is 2.95 bits per heavy atom. The zero-order chi connectivity index (χ0) is 15.2. The first-order chi connectivity index (χ1) is 9.95. The van der Waals surface area contributed by atoms with Gasteiger partial charge in [0, 0.05) is 6.04 Å². The van der Waals surface area contributed by atoms with E-state index < -0.39 is 5.97 Å². The maximum Gasteiger partial charge on any atom is 0.303 e. The van der Waals surface area contributed by atoms with Crippen LogP contribution >= 0.6 is 0 Å². The number of nitrogens with zero attached hydrogens (tertiary/aromatic N) is 1. The summed E-state index contributed by atoms with van der Waals surface area (Å²) in [4.78, 5) is 13.7. The number of carbonyl (C=O) groups is 1. The van der Waals surface area contributed by atoms with Crippen LogP contribution in [0.4, 0.5) is 0 Å². The van der Waals surface area contributed by atoms with Crippen molar-refractivity contribution < 1.29 is 14.6 Å². The smallest absolute Gasteiger partial charge is 0.303 e. The van der Waals surface area contributed by atoms with Crippen LogP contribution in [0.2, 0.25) is 0 Å². The van der Waals surface area contributed by atoms with Gasteiger partial charge in [0.05, 0.1) is 13.5 Å². The highest BCUT2D eigenvalue weighted by Crippen LogP contribution is 2.50. The van der Waals surface area contributed by atoms with Crippen molar-refractivity contribution in [2.24, 2.45) is 5.92 Å². The topological polar surface area (TPSA) is 49.8 Å². The minimum absolute atomic E-state index is 0.0717. The van der Waals surface area contributed by atoms with Gasteiger partial charge in [0.2, 0.25) is 0 Å². The van der Waals surface area contributed by atoms with Crippen molar-refractivity contribution in [1.29, 1.82) is 0 Å². The van der Waals surface area contributed by atoms with Gasteiger partial charge in [0.25, 0.3) is 0 Å². The maximum atomic E-state index is 11.3.